The highest BCUT2D eigenvalue weighted by Crippen LogP contribution is 1.95. The SMILES string of the molecule is CC(O)[C@H](O)[C@@H](O)C=O. The molecule has 0 heterocycles. The van der Waals surface area contributed by atoms with Crippen LogP contribution in [0.5, 0.6) is 0 Å². The number of aliphatic hydroxyl groups excluding tert-OH is 3. The molecule has 1 unspecified atom stereocenters. The summed E-state index contributed by atoms with van der Waals surface area (Å²) in [6, 6.07) is 0. The fraction of sp³-hybridized carbons (Fsp3) is 0.800. The van der Waals surface area contributed by atoms with Crippen LogP contribution < -0.4 is 0 Å². The van der Waals surface area contributed by atoms with Crippen molar-refractivity contribution in [2.75, 3.05) is 0 Å². The van der Waals surface area contributed by atoms with E-state index in [4.69, 9.17) is 15.3 Å². The molecule has 0 saturated heterocycles. The number of carbonyl (C=O) groups excluding carboxylic acids is 1. The molecule has 0 radical (unpaired) electrons. The van der Waals surface area contributed by atoms with Gasteiger partial charge in [-0.05, 0) is 6.92 Å². The maximum Gasteiger partial charge on any atom is 0.151 e. The normalized spacial score (nSPS) is 20.4. The molecule has 0 aliphatic rings. The molecule has 0 aromatic heterocycles. The first-order valence-corrected chi connectivity index (χ1v) is 2.59. The van der Waals surface area contributed by atoms with Gasteiger partial charge in [0.05, 0.1) is 6.10 Å². The molecule has 3 atom stereocenters. The molecule has 4 nitrogen and oxygen atoms in total. The summed E-state index contributed by atoms with van der Waals surface area (Å²) in [5, 5.41) is 25.7. The second kappa shape index (κ2) is 3.55. The summed E-state index contributed by atoms with van der Waals surface area (Å²) >= 11 is 0. The quantitative estimate of drug-likeness (QED) is 0.401. The van der Waals surface area contributed by atoms with Crippen molar-refractivity contribution in [1.29, 1.82) is 0 Å². The molecule has 0 fully saturated rings. The maximum atomic E-state index is 9.73. The summed E-state index contributed by atoms with van der Waals surface area (Å²) in [7, 11) is 0. The van der Waals surface area contributed by atoms with Gasteiger partial charge in [0.1, 0.15) is 12.2 Å². The highest BCUT2D eigenvalue weighted by molar-refractivity contribution is 5.56. The monoisotopic (exact) mass is 134 g/mol. The number of carbonyl (C=O) groups is 1. The molecular formula is C5H10O4. The molecule has 0 amide bonds. The first-order valence-electron chi connectivity index (χ1n) is 2.59. The lowest BCUT2D eigenvalue weighted by Gasteiger charge is -2.14. The number of hydrogen-bond donors (Lipinski definition) is 3. The molecule has 54 valence electrons. The van der Waals surface area contributed by atoms with E-state index in [0.29, 0.717) is 0 Å². The van der Waals surface area contributed by atoms with Gasteiger partial charge in [-0.25, -0.2) is 0 Å². The molecule has 0 saturated carbocycles. The predicted molar refractivity (Wildman–Crippen MR) is 29.8 cm³/mol. The van der Waals surface area contributed by atoms with Crippen LogP contribution >= 0.6 is 0 Å². The van der Waals surface area contributed by atoms with Gasteiger partial charge in [-0.1, -0.05) is 0 Å². The Labute approximate surface area is 52.7 Å². The molecule has 9 heavy (non-hydrogen) atoms. The Morgan fingerprint density at radius 3 is 1.89 bits per heavy atom. The van der Waals surface area contributed by atoms with Crippen LogP contribution in [0, 0.1) is 0 Å². The van der Waals surface area contributed by atoms with Crippen molar-refractivity contribution in [3.05, 3.63) is 0 Å². The summed E-state index contributed by atoms with van der Waals surface area (Å²) in [5.41, 5.74) is 0. The number of hydrogen-bond acceptors (Lipinski definition) is 4. The largest absolute Gasteiger partial charge is 0.391 e. The van der Waals surface area contributed by atoms with Crippen LogP contribution in [0.4, 0.5) is 0 Å². The highest BCUT2D eigenvalue weighted by Gasteiger charge is 2.19. The van der Waals surface area contributed by atoms with Crippen molar-refractivity contribution < 1.29 is 20.1 Å². The number of aldehydes is 1. The predicted octanol–water partition coefficient (Wildman–Crippen LogP) is -1.71. The molecule has 3 N–H and O–H groups in total. The van der Waals surface area contributed by atoms with Crippen molar-refractivity contribution in [3.63, 3.8) is 0 Å². The lowest BCUT2D eigenvalue weighted by atomic mass is 10.1. The van der Waals surface area contributed by atoms with Crippen molar-refractivity contribution >= 4 is 6.29 Å². The van der Waals surface area contributed by atoms with E-state index in [-0.39, 0.29) is 6.29 Å². The lowest BCUT2D eigenvalue weighted by molar-refractivity contribution is -0.125. The Morgan fingerprint density at radius 2 is 1.78 bits per heavy atom. The smallest absolute Gasteiger partial charge is 0.151 e. The van der Waals surface area contributed by atoms with Gasteiger partial charge in [-0.2, -0.15) is 0 Å². The van der Waals surface area contributed by atoms with E-state index in [2.05, 4.69) is 0 Å². The Hall–Kier alpha value is -0.450. The van der Waals surface area contributed by atoms with Crippen LogP contribution in [0.3, 0.4) is 0 Å². The van der Waals surface area contributed by atoms with Gasteiger partial charge >= 0.3 is 0 Å². The third-order valence-electron chi connectivity index (χ3n) is 0.984. The minimum atomic E-state index is -1.48. The van der Waals surface area contributed by atoms with E-state index in [1.807, 2.05) is 0 Å². The summed E-state index contributed by atoms with van der Waals surface area (Å²) in [5.74, 6) is 0. The fourth-order valence-electron chi connectivity index (χ4n) is 0.366. The highest BCUT2D eigenvalue weighted by atomic mass is 16.4. The first-order chi connectivity index (χ1) is 4.09. The molecule has 0 aromatic rings. The molecule has 0 spiro atoms. The number of aliphatic hydroxyl groups is 3. The summed E-state index contributed by atoms with van der Waals surface area (Å²) in [6.45, 7) is 1.29. The lowest BCUT2D eigenvalue weighted by Crippen LogP contribution is -2.36. The van der Waals surface area contributed by atoms with Crippen LogP contribution in [0.25, 0.3) is 0 Å². The van der Waals surface area contributed by atoms with Gasteiger partial charge in [-0.3, -0.25) is 0 Å². The van der Waals surface area contributed by atoms with Crippen LogP contribution in [-0.4, -0.2) is 39.9 Å². The third-order valence-corrected chi connectivity index (χ3v) is 0.984. The molecule has 0 rings (SSSR count). The van der Waals surface area contributed by atoms with Crippen molar-refractivity contribution in [1.82, 2.24) is 0 Å². The molecule has 0 aliphatic heterocycles. The standard InChI is InChI=1S/C5H10O4/c1-3(7)5(9)4(8)2-6/h2-5,7-9H,1H3/t3?,4-,5-/m0/s1. The molecular weight excluding hydrogens is 124 g/mol. The second-order valence-electron chi connectivity index (χ2n) is 1.86. The summed E-state index contributed by atoms with van der Waals surface area (Å²) < 4.78 is 0. The van der Waals surface area contributed by atoms with Gasteiger partial charge in [-0.15, -0.1) is 0 Å². The van der Waals surface area contributed by atoms with Crippen molar-refractivity contribution in [2.45, 2.75) is 25.2 Å². The topological polar surface area (TPSA) is 77.8 Å². The van der Waals surface area contributed by atoms with Gasteiger partial charge in [0, 0.05) is 0 Å². The van der Waals surface area contributed by atoms with Crippen LogP contribution in [-0.2, 0) is 4.79 Å². The van der Waals surface area contributed by atoms with Gasteiger partial charge in [0.2, 0.25) is 0 Å². The Kier molecular flexibility index (Phi) is 3.37. The van der Waals surface area contributed by atoms with E-state index in [9.17, 15) is 4.79 Å². The van der Waals surface area contributed by atoms with E-state index in [1.54, 1.807) is 0 Å². The first kappa shape index (κ1) is 8.55. The van der Waals surface area contributed by atoms with Crippen molar-refractivity contribution in [2.24, 2.45) is 0 Å². The number of rotatable bonds is 3. The minimum Gasteiger partial charge on any atom is -0.391 e. The Bertz CT molecular complexity index is 91.0. The third kappa shape index (κ3) is 2.55. The zero-order valence-corrected chi connectivity index (χ0v) is 5.06. The summed E-state index contributed by atoms with van der Waals surface area (Å²) in [4.78, 5) is 9.73. The van der Waals surface area contributed by atoms with E-state index >= 15 is 0 Å². The molecule has 0 bridgehead atoms. The zero-order valence-electron chi connectivity index (χ0n) is 5.06. The zero-order chi connectivity index (χ0) is 7.44. The maximum absolute atomic E-state index is 9.73. The van der Waals surface area contributed by atoms with Gasteiger partial charge in [0.15, 0.2) is 6.29 Å². The van der Waals surface area contributed by atoms with E-state index in [0.717, 1.165) is 0 Å². The second-order valence-corrected chi connectivity index (χ2v) is 1.86. The van der Waals surface area contributed by atoms with Crippen LogP contribution in [0.1, 0.15) is 6.92 Å². The average Bonchev–Trinajstić information content (AvgIpc) is 1.84. The molecule has 0 aliphatic carbocycles. The fourth-order valence-corrected chi connectivity index (χ4v) is 0.366. The minimum absolute atomic E-state index is 0.178. The average molecular weight is 134 g/mol. The van der Waals surface area contributed by atoms with Crippen LogP contribution in [0.15, 0.2) is 0 Å². The Balaban J connectivity index is 3.71. The molecule has 4 heteroatoms. The molecule has 0 aromatic carbocycles. The summed E-state index contributed by atoms with van der Waals surface area (Å²) in [6.07, 6.45) is -3.75. The van der Waals surface area contributed by atoms with E-state index < -0.39 is 18.3 Å². The Morgan fingerprint density at radius 1 is 1.33 bits per heavy atom. The van der Waals surface area contributed by atoms with Gasteiger partial charge in [0.25, 0.3) is 0 Å². The van der Waals surface area contributed by atoms with E-state index in [1.165, 1.54) is 6.92 Å². The van der Waals surface area contributed by atoms with Crippen LogP contribution in [0.2, 0.25) is 0 Å². The van der Waals surface area contributed by atoms with Crippen molar-refractivity contribution in [3.8, 4) is 0 Å². The van der Waals surface area contributed by atoms with Gasteiger partial charge < -0.3 is 20.1 Å².